The first-order chi connectivity index (χ1) is 18.5. The van der Waals surface area contributed by atoms with Crippen LogP contribution in [0.5, 0.6) is 0 Å². The van der Waals surface area contributed by atoms with Crippen molar-refractivity contribution in [2.24, 2.45) is 5.41 Å². The van der Waals surface area contributed by atoms with E-state index in [4.69, 9.17) is 0 Å². The first-order valence-electron chi connectivity index (χ1n) is 13.4. The Labute approximate surface area is 222 Å². The van der Waals surface area contributed by atoms with E-state index < -0.39 is 11.4 Å². The molecule has 1 aromatic heterocycles. The first-order valence-corrected chi connectivity index (χ1v) is 13.4. The highest BCUT2D eigenvalue weighted by Gasteiger charge is 2.43. The Kier molecular flexibility index (Phi) is 7.49. The molecule has 8 heteroatoms. The van der Waals surface area contributed by atoms with Gasteiger partial charge in [0.15, 0.2) is 0 Å². The van der Waals surface area contributed by atoms with Crippen LogP contribution in [0.1, 0.15) is 57.4 Å². The zero-order valence-corrected chi connectivity index (χ0v) is 21.7. The summed E-state index contributed by atoms with van der Waals surface area (Å²) in [6.07, 6.45) is 5.28. The summed E-state index contributed by atoms with van der Waals surface area (Å²) in [5.74, 6) is -0.175. The van der Waals surface area contributed by atoms with Gasteiger partial charge in [0.2, 0.25) is 11.7 Å². The van der Waals surface area contributed by atoms with E-state index in [-0.39, 0.29) is 12.5 Å². The molecule has 0 spiro atoms. The molecule has 0 atom stereocenters. The summed E-state index contributed by atoms with van der Waals surface area (Å²) in [6, 6.07) is 20.6. The third-order valence-corrected chi connectivity index (χ3v) is 7.70. The maximum atomic E-state index is 13.1. The normalized spacial score (nSPS) is 14.6. The fourth-order valence-electron chi connectivity index (χ4n) is 5.46. The van der Waals surface area contributed by atoms with Crippen LogP contribution in [0.3, 0.4) is 0 Å². The van der Waals surface area contributed by atoms with E-state index in [1.807, 2.05) is 30.3 Å². The number of fused-ring (bicyclic) bond motifs is 1. The Hall–Kier alpha value is -4.07. The lowest BCUT2D eigenvalue weighted by Gasteiger charge is -2.32. The number of hydrogen-bond acceptors (Lipinski definition) is 5. The summed E-state index contributed by atoms with van der Waals surface area (Å²) in [7, 11) is 0. The highest BCUT2D eigenvalue weighted by atomic mass is 16.4. The van der Waals surface area contributed by atoms with Crippen molar-refractivity contribution in [2.75, 3.05) is 6.54 Å². The third-order valence-electron chi connectivity index (χ3n) is 7.70. The zero-order chi connectivity index (χ0) is 26.5. The molecule has 5 rings (SSSR count). The predicted molar refractivity (Wildman–Crippen MR) is 146 cm³/mol. The van der Waals surface area contributed by atoms with E-state index in [0.29, 0.717) is 31.6 Å². The van der Waals surface area contributed by atoms with Crippen molar-refractivity contribution >= 4 is 22.6 Å². The maximum absolute atomic E-state index is 13.1. The summed E-state index contributed by atoms with van der Waals surface area (Å²) in [4.78, 5) is 27.1. The number of carboxylic acid groups (broad SMARTS) is 1. The van der Waals surface area contributed by atoms with Crippen LogP contribution in [0.25, 0.3) is 33.3 Å². The monoisotopic (exact) mass is 511 g/mol. The van der Waals surface area contributed by atoms with Crippen LogP contribution in [0, 0.1) is 5.41 Å². The lowest BCUT2D eigenvalue weighted by molar-refractivity contribution is -0.151. The number of aliphatic carboxylic acids is 1. The second kappa shape index (κ2) is 11.1. The molecule has 1 heterocycles. The van der Waals surface area contributed by atoms with Crippen LogP contribution in [0.4, 0.5) is 0 Å². The van der Waals surface area contributed by atoms with E-state index >= 15 is 0 Å². The van der Waals surface area contributed by atoms with Gasteiger partial charge in [0.1, 0.15) is 0 Å². The van der Waals surface area contributed by atoms with Crippen LogP contribution in [0.2, 0.25) is 0 Å². The van der Waals surface area contributed by atoms with Crippen molar-refractivity contribution in [1.82, 2.24) is 25.5 Å². The van der Waals surface area contributed by atoms with Crippen molar-refractivity contribution in [3.05, 3.63) is 66.2 Å². The molecule has 38 heavy (non-hydrogen) atoms. The van der Waals surface area contributed by atoms with Gasteiger partial charge in [-0.15, -0.1) is 10.2 Å². The number of H-pyrrole nitrogens is 1. The molecule has 0 bridgehead atoms. The lowest BCUT2D eigenvalue weighted by Crippen LogP contribution is -2.43. The smallest absolute Gasteiger partial charge is 0.311 e. The quantitative estimate of drug-likeness (QED) is 0.276. The summed E-state index contributed by atoms with van der Waals surface area (Å²) < 4.78 is 0. The largest absolute Gasteiger partial charge is 0.481 e. The average molecular weight is 512 g/mol. The molecule has 1 amide bonds. The zero-order valence-electron chi connectivity index (χ0n) is 21.7. The molecule has 0 saturated heterocycles. The maximum Gasteiger partial charge on any atom is 0.311 e. The summed E-state index contributed by atoms with van der Waals surface area (Å²) in [6.45, 7) is 2.77. The Morgan fingerprint density at radius 1 is 0.947 bits per heavy atom. The molecular formula is C30H33N5O3. The molecule has 1 saturated carbocycles. The molecule has 196 valence electrons. The number of carboxylic acids is 1. The van der Waals surface area contributed by atoms with Gasteiger partial charge in [-0.25, -0.2) is 0 Å². The number of carbonyl (C=O) groups excluding carboxylic acids is 1. The Balaban J connectivity index is 1.36. The summed E-state index contributed by atoms with van der Waals surface area (Å²) in [5.41, 5.74) is 3.27. The number of aromatic amines is 1. The number of aromatic nitrogens is 4. The molecule has 0 aliphatic heterocycles. The molecule has 4 aromatic rings. The first kappa shape index (κ1) is 25.6. The van der Waals surface area contributed by atoms with E-state index in [9.17, 15) is 14.7 Å². The second-order valence-electron chi connectivity index (χ2n) is 10.4. The van der Waals surface area contributed by atoms with Gasteiger partial charge in [-0.2, -0.15) is 5.21 Å². The topological polar surface area (TPSA) is 112 Å². The molecular weight excluding hydrogens is 478 g/mol. The molecule has 1 aliphatic rings. The van der Waals surface area contributed by atoms with Crippen LogP contribution in [-0.4, -0.2) is 49.1 Å². The molecule has 3 aromatic carbocycles. The fraction of sp³-hybridized carbons (Fsp3) is 0.367. The Morgan fingerprint density at radius 3 is 2.32 bits per heavy atom. The summed E-state index contributed by atoms with van der Waals surface area (Å²) in [5, 5.41) is 26.3. The number of tetrazole rings is 1. The predicted octanol–water partition coefficient (Wildman–Crippen LogP) is 5.85. The van der Waals surface area contributed by atoms with Crippen molar-refractivity contribution in [3.63, 3.8) is 0 Å². The average Bonchev–Trinajstić information content (AvgIpc) is 3.65. The van der Waals surface area contributed by atoms with Gasteiger partial charge >= 0.3 is 5.97 Å². The standard InChI is InChI=1S/C30H33N5O3/c1-2-3-6-27(36)35(20-30(29(37)38)15-4-5-16-30)19-21-7-8-26-18-25(14-13-24(26)17-21)22-9-11-23(12-10-22)28-31-33-34-32-28/h7-14,17-18H,2-6,15-16,19-20H2,1H3,(H,37,38)(H,31,32,33,34). The van der Waals surface area contributed by atoms with Gasteiger partial charge in [-0.05, 0) is 64.1 Å². The highest BCUT2D eigenvalue weighted by Crippen LogP contribution is 2.39. The highest BCUT2D eigenvalue weighted by molar-refractivity contribution is 5.88. The number of rotatable bonds is 10. The van der Waals surface area contributed by atoms with E-state index in [2.05, 4.69) is 57.9 Å². The Bertz CT molecular complexity index is 1410. The van der Waals surface area contributed by atoms with E-state index in [1.165, 1.54) is 0 Å². The van der Waals surface area contributed by atoms with Crippen LogP contribution < -0.4 is 0 Å². The molecule has 1 fully saturated rings. The molecule has 8 nitrogen and oxygen atoms in total. The minimum Gasteiger partial charge on any atom is -0.481 e. The number of hydrogen-bond donors (Lipinski definition) is 2. The van der Waals surface area contributed by atoms with Crippen LogP contribution in [-0.2, 0) is 16.1 Å². The number of amides is 1. The third kappa shape index (κ3) is 5.44. The minimum atomic E-state index is -0.826. The van der Waals surface area contributed by atoms with Gasteiger partial charge in [0, 0.05) is 25.1 Å². The number of nitrogens with zero attached hydrogens (tertiary/aromatic N) is 4. The minimum absolute atomic E-state index is 0.0408. The van der Waals surface area contributed by atoms with Crippen LogP contribution in [0.15, 0.2) is 60.7 Å². The molecule has 2 N–H and O–H groups in total. The van der Waals surface area contributed by atoms with Crippen LogP contribution >= 0.6 is 0 Å². The Morgan fingerprint density at radius 2 is 1.63 bits per heavy atom. The van der Waals surface area contributed by atoms with Gasteiger partial charge in [-0.1, -0.05) is 74.7 Å². The summed E-state index contributed by atoms with van der Waals surface area (Å²) >= 11 is 0. The molecule has 1 aliphatic carbocycles. The van der Waals surface area contributed by atoms with Gasteiger partial charge in [-0.3, -0.25) is 9.59 Å². The van der Waals surface area contributed by atoms with Crippen molar-refractivity contribution in [2.45, 2.75) is 58.4 Å². The van der Waals surface area contributed by atoms with Gasteiger partial charge < -0.3 is 10.0 Å². The lowest BCUT2D eigenvalue weighted by atomic mass is 9.85. The van der Waals surface area contributed by atoms with Gasteiger partial charge in [0.25, 0.3) is 0 Å². The number of nitrogens with one attached hydrogen (secondary N) is 1. The van der Waals surface area contributed by atoms with E-state index in [1.54, 1.807) is 4.90 Å². The van der Waals surface area contributed by atoms with Gasteiger partial charge in [0.05, 0.1) is 5.41 Å². The molecule has 0 radical (unpaired) electrons. The van der Waals surface area contributed by atoms with Crippen molar-refractivity contribution < 1.29 is 14.7 Å². The van der Waals surface area contributed by atoms with Crippen molar-refractivity contribution in [1.29, 1.82) is 0 Å². The number of benzene rings is 3. The van der Waals surface area contributed by atoms with Crippen molar-refractivity contribution in [3.8, 4) is 22.5 Å². The fourth-order valence-corrected chi connectivity index (χ4v) is 5.46. The number of carbonyl (C=O) groups is 2. The van der Waals surface area contributed by atoms with E-state index in [0.717, 1.165) is 58.7 Å². The number of unbranched alkanes of at least 4 members (excludes halogenated alkanes) is 1. The second-order valence-corrected chi connectivity index (χ2v) is 10.4. The SMILES string of the molecule is CCCCC(=O)N(Cc1ccc2cc(-c3ccc(-c4nn[nH]n4)cc3)ccc2c1)CC1(C(=O)O)CCCC1. The molecule has 0 unspecified atom stereocenters.